The Labute approximate surface area is 93.7 Å². The molecular weight excluding hydrogens is 188 g/mol. The predicted molar refractivity (Wildman–Crippen MR) is 63.9 cm³/mol. The van der Waals surface area contributed by atoms with Gasteiger partial charge in [-0.2, -0.15) is 0 Å². The molecule has 1 unspecified atom stereocenters. The molecule has 0 saturated heterocycles. The largest absolute Gasteiger partial charge is 0.377 e. The van der Waals surface area contributed by atoms with Crippen molar-refractivity contribution in [2.45, 2.75) is 54.1 Å². The van der Waals surface area contributed by atoms with Gasteiger partial charge in [-0.1, -0.05) is 27.7 Å². The van der Waals surface area contributed by atoms with Crippen LogP contribution in [0.1, 0.15) is 48.0 Å². The van der Waals surface area contributed by atoms with Gasteiger partial charge in [0.15, 0.2) is 5.78 Å². The second kappa shape index (κ2) is 5.45. The minimum atomic E-state index is -0.305. The molecule has 0 heterocycles. The maximum Gasteiger partial charge on any atom is 0.164 e. The Morgan fingerprint density at radius 3 is 2.07 bits per heavy atom. The van der Waals surface area contributed by atoms with Crippen molar-refractivity contribution in [3.63, 3.8) is 0 Å². The van der Waals surface area contributed by atoms with Crippen molar-refractivity contribution >= 4 is 5.78 Å². The van der Waals surface area contributed by atoms with E-state index < -0.39 is 0 Å². The number of hydrogen-bond acceptors (Lipinski definition) is 2. The van der Waals surface area contributed by atoms with Crippen LogP contribution in [0.25, 0.3) is 0 Å². The molecule has 0 amide bonds. The van der Waals surface area contributed by atoms with Gasteiger partial charge >= 0.3 is 0 Å². The summed E-state index contributed by atoms with van der Waals surface area (Å²) in [5.74, 6) is 0.228. The molecule has 0 saturated carbocycles. The summed E-state index contributed by atoms with van der Waals surface area (Å²) in [6.45, 7) is 11.8. The maximum atomic E-state index is 12.1. The van der Waals surface area contributed by atoms with E-state index >= 15 is 0 Å². The summed E-state index contributed by atoms with van der Waals surface area (Å²) >= 11 is 0. The van der Waals surface area contributed by atoms with Crippen molar-refractivity contribution in [3.8, 4) is 0 Å². The zero-order valence-corrected chi connectivity index (χ0v) is 11.1. The molecule has 88 valence electrons. The van der Waals surface area contributed by atoms with Crippen LogP contribution in [-0.4, -0.2) is 19.0 Å². The van der Waals surface area contributed by atoms with Gasteiger partial charge in [0.05, 0.1) is 6.10 Å². The number of methoxy groups -OCH3 is 1. The van der Waals surface area contributed by atoms with E-state index in [4.69, 9.17) is 4.74 Å². The lowest BCUT2D eigenvalue weighted by Gasteiger charge is -2.22. The number of carbonyl (C=O) groups excluding carboxylic acids is 1. The number of Topliss-reactive ketones (excluding diaryl/α,β-unsaturated/α-hetero) is 1. The first-order valence-electron chi connectivity index (χ1n) is 5.52. The van der Waals surface area contributed by atoms with Gasteiger partial charge in [0.1, 0.15) is 0 Å². The van der Waals surface area contributed by atoms with Crippen molar-refractivity contribution in [1.82, 2.24) is 0 Å². The number of hydrogen-bond donors (Lipinski definition) is 0. The predicted octanol–water partition coefficient (Wildman–Crippen LogP) is 3.36. The van der Waals surface area contributed by atoms with Gasteiger partial charge in [-0.25, -0.2) is 0 Å². The number of carbonyl (C=O) groups is 1. The van der Waals surface area contributed by atoms with Crippen LogP contribution in [0.15, 0.2) is 11.1 Å². The van der Waals surface area contributed by atoms with Crippen molar-refractivity contribution in [1.29, 1.82) is 0 Å². The van der Waals surface area contributed by atoms with Crippen LogP contribution >= 0.6 is 0 Å². The minimum absolute atomic E-state index is 0.0197. The summed E-state index contributed by atoms with van der Waals surface area (Å²) in [5.41, 5.74) is 1.66. The lowest BCUT2D eigenvalue weighted by atomic mass is 9.83. The highest BCUT2D eigenvalue weighted by Crippen LogP contribution is 2.25. The summed E-state index contributed by atoms with van der Waals surface area (Å²) < 4.78 is 5.25. The SMILES string of the molecule is CC/C(C(=O)C(C)(C)C)=C(/C)C(C)OC. The molecule has 0 aliphatic heterocycles. The highest BCUT2D eigenvalue weighted by Gasteiger charge is 2.26. The lowest BCUT2D eigenvalue weighted by molar-refractivity contribution is -0.122. The molecule has 15 heavy (non-hydrogen) atoms. The Kier molecular flexibility index (Phi) is 5.22. The molecule has 0 bridgehead atoms. The Balaban J connectivity index is 5.15. The van der Waals surface area contributed by atoms with Crippen LogP contribution in [0.4, 0.5) is 0 Å². The summed E-state index contributed by atoms with van der Waals surface area (Å²) in [7, 11) is 1.67. The van der Waals surface area contributed by atoms with E-state index in [0.717, 1.165) is 17.6 Å². The highest BCUT2D eigenvalue weighted by molar-refractivity contribution is 5.99. The topological polar surface area (TPSA) is 26.3 Å². The first kappa shape index (κ1) is 14.4. The van der Waals surface area contributed by atoms with Crippen molar-refractivity contribution in [3.05, 3.63) is 11.1 Å². The van der Waals surface area contributed by atoms with Crippen molar-refractivity contribution in [2.75, 3.05) is 7.11 Å². The van der Waals surface area contributed by atoms with E-state index in [1.807, 2.05) is 41.5 Å². The number of allylic oxidation sites excluding steroid dienone is 1. The summed E-state index contributed by atoms with van der Waals surface area (Å²) in [6.07, 6.45) is 0.793. The van der Waals surface area contributed by atoms with Crippen LogP contribution in [0.2, 0.25) is 0 Å². The summed E-state index contributed by atoms with van der Waals surface area (Å²) in [5, 5.41) is 0. The van der Waals surface area contributed by atoms with Crippen LogP contribution in [-0.2, 0) is 9.53 Å². The third-order valence-electron chi connectivity index (χ3n) is 2.75. The summed E-state index contributed by atoms with van der Waals surface area (Å²) in [4.78, 5) is 12.1. The lowest BCUT2D eigenvalue weighted by Crippen LogP contribution is -2.24. The zero-order chi connectivity index (χ0) is 12.2. The smallest absolute Gasteiger partial charge is 0.164 e. The van der Waals surface area contributed by atoms with Gasteiger partial charge in [-0.05, 0) is 31.4 Å². The highest BCUT2D eigenvalue weighted by atomic mass is 16.5. The molecule has 0 spiro atoms. The number of rotatable bonds is 4. The van der Waals surface area contributed by atoms with Crippen LogP contribution in [0.3, 0.4) is 0 Å². The third-order valence-corrected chi connectivity index (χ3v) is 2.75. The fraction of sp³-hybridized carbons (Fsp3) is 0.769. The molecule has 2 heteroatoms. The van der Waals surface area contributed by atoms with E-state index in [1.165, 1.54) is 0 Å². The molecule has 0 N–H and O–H groups in total. The van der Waals surface area contributed by atoms with Crippen LogP contribution in [0, 0.1) is 5.41 Å². The van der Waals surface area contributed by atoms with E-state index in [-0.39, 0.29) is 17.3 Å². The molecule has 0 aliphatic rings. The quantitative estimate of drug-likeness (QED) is 0.668. The molecule has 0 aromatic heterocycles. The summed E-state index contributed by atoms with van der Waals surface area (Å²) in [6, 6.07) is 0. The monoisotopic (exact) mass is 212 g/mol. The molecule has 0 radical (unpaired) electrons. The van der Waals surface area contributed by atoms with Gasteiger partial charge in [-0.3, -0.25) is 4.79 Å². The van der Waals surface area contributed by atoms with Crippen molar-refractivity contribution in [2.24, 2.45) is 5.41 Å². The fourth-order valence-corrected chi connectivity index (χ4v) is 1.49. The Bertz CT molecular complexity index is 256. The molecule has 0 aromatic rings. The second-order valence-electron chi connectivity index (χ2n) is 4.97. The second-order valence-corrected chi connectivity index (χ2v) is 4.97. The molecular formula is C13H24O2. The van der Waals surface area contributed by atoms with Gasteiger partial charge in [0.25, 0.3) is 0 Å². The third kappa shape index (κ3) is 3.78. The Hall–Kier alpha value is -0.630. The fourth-order valence-electron chi connectivity index (χ4n) is 1.49. The first-order valence-corrected chi connectivity index (χ1v) is 5.52. The number of ketones is 1. The van der Waals surface area contributed by atoms with Gasteiger partial charge in [0.2, 0.25) is 0 Å². The number of ether oxygens (including phenoxy) is 1. The maximum absolute atomic E-state index is 12.1. The molecule has 0 fully saturated rings. The molecule has 2 nitrogen and oxygen atoms in total. The van der Waals surface area contributed by atoms with Gasteiger partial charge in [-0.15, -0.1) is 0 Å². The standard InChI is InChI=1S/C13H24O2/c1-8-11(9(2)10(3)15-7)12(14)13(4,5)6/h10H,8H2,1-7H3/b11-9+. The average Bonchev–Trinajstić information content (AvgIpc) is 2.15. The van der Waals surface area contributed by atoms with E-state index in [9.17, 15) is 4.79 Å². The van der Waals surface area contributed by atoms with Crippen LogP contribution in [0.5, 0.6) is 0 Å². The molecule has 0 aliphatic carbocycles. The first-order chi connectivity index (χ1) is 6.75. The normalized spacial score (nSPS) is 15.9. The molecule has 1 atom stereocenters. The average molecular weight is 212 g/mol. The Morgan fingerprint density at radius 1 is 1.33 bits per heavy atom. The van der Waals surface area contributed by atoms with E-state index in [1.54, 1.807) is 7.11 Å². The van der Waals surface area contributed by atoms with Gasteiger partial charge in [0, 0.05) is 12.5 Å². The van der Waals surface area contributed by atoms with Crippen LogP contribution < -0.4 is 0 Å². The molecule has 0 aromatic carbocycles. The Morgan fingerprint density at radius 2 is 1.80 bits per heavy atom. The van der Waals surface area contributed by atoms with E-state index in [0.29, 0.717) is 0 Å². The van der Waals surface area contributed by atoms with Gasteiger partial charge < -0.3 is 4.74 Å². The molecule has 0 rings (SSSR count). The van der Waals surface area contributed by atoms with E-state index in [2.05, 4.69) is 0 Å². The minimum Gasteiger partial charge on any atom is -0.377 e. The zero-order valence-electron chi connectivity index (χ0n) is 11.1. The van der Waals surface area contributed by atoms with Crippen molar-refractivity contribution < 1.29 is 9.53 Å².